The number of aromatic nitrogens is 1. The van der Waals surface area contributed by atoms with Gasteiger partial charge in [0.1, 0.15) is 0 Å². The lowest BCUT2D eigenvalue weighted by molar-refractivity contribution is -0.136. The lowest BCUT2D eigenvalue weighted by Crippen LogP contribution is -2.24. The first kappa shape index (κ1) is 18.8. The van der Waals surface area contributed by atoms with Crippen molar-refractivity contribution in [3.63, 3.8) is 0 Å². The molecule has 4 nitrogen and oxygen atoms in total. The Balaban J connectivity index is 2.11. The number of nitrogens with zero attached hydrogens (tertiary/aromatic N) is 1. The number of amides is 1. The summed E-state index contributed by atoms with van der Waals surface area (Å²) in [4.78, 5) is 16.0. The van der Waals surface area contributed by atoms with Gasteiger partial charge in [0.2, 0.25) is 0 Å². The molecule has 2 N–H and O–H groups in total. The van der Waals surface area contributed by atoms with Gasteiger partial charge in [-0.3, -0.25) is 9.78 Å². The Morgan fingerprint density at radius 3 is 2.64 bits per heavy atom. The molecule has 7 heteroatoms. The molecule has 0 spiro atoms. The number of unbranched alkanes of at least 4 members (excludes halogenated alkanes) is 2. The average molecular weight is 351 g/mol. The van der Waals surface area contributed by atoms with E-state index in [0.717, 1.165) is 25.3 Å². The molecule has 0 saturated carbocycles. The summed E-state index contributed by atoms with van der Waals surface area (Å²) in [7, 11) is 0. The van der Waals surface area contributed by atoms with Crippen LogP contribution in [-0.2, 0) is 6.18 Å². The second-order valence-electron chi connectivity index (χ2n) is 5.59. The number of carbonyl (C=O) groups excluding carboxylic acids is 1. The van der Waals surface area contributed by atoms with E-state index in [2.05, 4.69) is 22.5 Å². The Morgan fingerprint density at radius 2 is 1.92 bits per heavy atom. The van der Waals surface area contributed by atoms with Crippen LogP contribution in [0.5, 0.6) is 0 Å². The van der Waals surface area contributed by atoms with E-state index in [0.29, 0.717) is 17.8 Å². The summed E-state index contributed by atoms with van der Waals surface area (Å²) in [6.45, 7) is 2.63. The maximum Gasteiger partial charge on any atom is 0.418 e. The highest BCUT2D eigenvalue weighted by atomic mass is 19.4. The molecular weight excluding hydrogens is 331 g/mol. The molecule has 0 aliphatic carbocycles. The lowest BCUT2D eigenvalue weighted by Gasteiger charge is -2.14. The number of hydrogen-bond donors (Lipinski definition) is 2. The maximum atomic E-state index is 13.0. The first-order chi connectivity index (χ1) is 11.9. The first-order valence-electron chi connectivity index (χ1n) is 8.08. The van der Waals surface area contributed by atoms with Crippen LogP contribution in [0, 0.1) is 0 Å². The molecule has 2 aromatic rings. The van der Waals surface area contributed by atoms with E-state index in [9.17, 15) is 18.0 Å². The van der Waals surface area contributed by atoms with Gasteiger partial charge in [0.05, 0.1) is 28.7 Å². The van der Waals surface area contributed by atoms with E-state index in [4.69, 9.17) is 0 Å². The summed E-state index contributed by atoms with van der Waals surface area (Å²) in [5.74, 6) is -0.295. The van der Waals surface area contributed by atoms with Crippen molar-refractivity contribution in [1.82, 2.24) is 10.3 Å². The number of anilines is 2. The van der Waals surface area contributed by atoms with E-state index in [1.165, 1.54) is 36.7 Å². The second kappa shape index (κ2) is 8.50. The minimum atomic E-state index is -4.47. The summed E-state index contributed by atoms with van der Waals surface area (Å²) in [6.07, 6.45) is 1.25. The standard InChI is InChI=1S/C18H20F3N3O/c1-2-3-6-9-23-17(25)13-10-14(12-22-11-13)24-16-8-5-4-7-15(16)18(19,20)21/h4-5,7-8,10-12,24H,2-3,6,9H2,1H3,(H,23,25). The Hall–Kier alpha value is -2.57. The fraction of sp³-hybridized carbons (Fsp3) is 0.333. The zero-order chi connectivity index (χ0) is 18.3. The number of nitrogens with one attached hydrogen (secondary N) is 2. The minimum absolute atomic E-state index is 0.0858. The molecule has 0 fully saturated rings. The van der Waals surface area contributed by atoms with Crippen molar-refractivity contribution in [2.45, 2.75) is 32.4 Å². The summed E-state index contributed by atoms with van der Waals surface area (Å²) in [5, 5.41) is 5.46. The molecule has 1 aromatic heterocycles. The van der Waals surface area contributed by atoms with Crippen LogP contribution in [0.1, 0.15) is 42.1 Å². The molecular formula is C18H20F3N3O. The number of rotatable bonds is 7. The lowest BCUT2D eigenvalue weighted by atomic mass is 10.1. The zero-order valence-corrected chi connectivity index (χ0v) is 13.9. The van der Waals surface area contributed by atoms with Gasteiger partial charge in [-0.2, -0.15) is 13.2 Å². The molecule has 2 rings (SSSR count). The number of alkyl halides is 3. The predicted octanol–water partition coefficient (Wildman–Crippen LogP) is 4.76. The Bertz CT molecular complexity index is 717. The molecule has 0 aliphatic heterocycles. The van der Waals surface area contributed by atoms with E-state index >= 15 is 0 Å². The summed E-state index contributed by atoms with van der Waals surface area (Å²) < 4.78 is 39.1. The van der Waals surface area contributed by atoms with E-state index in [-0.39, 0.29) is 11.6 Å². The summed E-state index contributed by atoms with van der Waals surface area (Å²) >= 11 is 0. The normalized spacial score (nSPS) is 11.2. The fourth-order valence-electron chi connectivity index (χ4n) is 2.31. The first-order valence-corrected chi connectivity index (χ1v) is 8.08. The molecule has 0 aliphatic rings. The van der Waals surface area contributed by atoms with Crippen molar-refractivity contribution >= 4 is 17.3 Å². The van der Waals surface area contributed by atoms with E-state index in [1.54, 1.807) is 0 Å². The quantitative estimate of drug-likeness (QED) is 0.707. The van der Waals surface area contributed by atoms with Crippen molar-refractivity contribution in [3.8, 4) is 0 Å². The number of benzene rings is 1. The van der Waals surface area contributed by atoms with Crippen LogP contribution in [0.25, 0.3) is 0 Å². The van der Waals surface area contributed by atoms with Gasteiger partial charge in [-0.25, -0.2) is 0 Å². The Kier molecular flexibility index (Phi) is 6.38. The zero-order valence-electron chi connectivity index (χ0n) is 13.9. The number of carbonyl (C=O) groups is 1. The van der Waals surface area contributed by atoms with Gasteiger partial charge in [0, 0.05) is 12.7 Å². The van der Waals surface area contributed by atoms with Crippen molar-refractivity contribution in [2.75, 3.05) is 11.9 Å². The van der Waals surface area contributed by atoms with Gasteiger partial charge in [-0.1, -0.05) is 31.9 Å². The van der Waals surface area contributed by atoms with Gasteiger partial charge in [-0.15, -0.1) is 0 Å². The third-order valence-electron chi connectivity index (χ3n) is 3.58. The molecule has 0 bridgehead atoms. The Morgan fingerprint density at radius 1 is 1.16 bits per heavy atom. The summed E-state index contributed by atoms with van der Waals surface area (Å²) in [5.41, 5.74) is -0.245. The highest BCUT2D eigenvalue weighted by molar-refractivity contribution is 5.94. The number of pyridine rings is 1. The fourth-order valence-corrected chi connectivity index (χ4v) is 2.31. The monoisotopic (exact) mass is 351 g/mol. The molecule has 0 atom stereocenters. The molecule has 1 amide bonds. The SMILES string of the molecule is CCCCCNC(=O)c1cncc(Nc2ccccc2C(F)(F)F)c1. The van der Waals surface area contributed by atoms with Gasteiger partial charge in [-0.05, 0) is 24.6 Å². The smallest absolute Gasteiger partial charge is 0.354 e. The van der Waals surface area contributed by atoms with Crippen molar-refractivity contribution in [1.29, 1.82) is 0 Å². The van der Waals surface area contributed by atoms with Crippen LogP contribution in [0.3, 0.4) is 0 Å². The molecule has 1 heterocycles. The van der Waals surface area contributed by atoms with Gasteiger partial charge >= 0.3 is 6.18 Å². The number of para-hydroxylation sites is 1. The molecule has 134 valence electrons. The maximum absolute atomic E-state index is 13.0. The van der Waals surface area contributed by atoms with Gasteiger partial charge in [0.25, 0.3) is 5.91 Å². The van der Waals surface area contributed by atoms with Gasteiger partial charge < -0.3 is 10.6 Å². The van der Waals surface area contributed by atoms with Crippen molar-refractivity contribution in [3.05, 3.63) is 53.9 Å². The van der Waals surface area contributed by atoms with Crippen LogP contribution >= 0.6 is 0 Å². The van der Waals surface area contributed by atoms with Crippen LogP contribution in [0.2, 0.25) is 0 Å². The van der Waals surface area contributed by atoms with E-state index in [1.807, 2.05) is 0 Å². The third kappa shape index (κ3) is 5.48. The average Bonchev–Trinajstić information content (AvgIpc) is 2.58. The minimum Gasteiger partial charge on any atom is -0.354 e. The highest BCUT2D eigenvalue weighted by Crippen LogP contribution is 2.35. The van der Waals surface area contributed by atoms with Crippen LogP contribution in [0.4, 0.5) is 24.5 Å². The molecule has 1 aromatic carbocycles. The van der Waals surface area contributed by atoms with E-state index < -0.39 is 11.7 Å². The predicted molar refractivity (Wildman–Crippen MR) is 90.8 cm³/mol. The number of halogens is 3. The van der Waals surface area contributed by atoms with Crippen molar-refractivity contribution < 1.29 is 18.0 Å². The molecule has 0 saturated heterocycles. The topological polar surface area (TPSA) is 54.0 Å². The largest absolute Gasteiger partial charge is 0.418 e. The third-order valence-corrected chi connectivity index (χ3v) is 3.58. The molecule has 0 unspecified atom stereocenters. The van der Waals surface area contributed by atoms with Crippen molar-refractivity contribution in [2.24, 2.45) is 0 Å². The summed E-state index contributed by atoms with van der Waals surface area (Å²) in [6, 6.07) is 6.65. The van der Waals surface area contributed by atoms with Gasteiger partial charge in [0.15, 0.2) is 0 Å². The number of hydrogen-bond acceptors (Lipinski definition) is 3. The molecule has 25 heavy (non-hydrogen) atoms. The Labute approximate surface area is 144 Å². The second-order valence-corrected chi connectivity index (χ2v) is 5.59. The highest BCUT2D eigenvalue weighted by Gasteiger charge is 2.33. The molecule has 0 radical (unpaired) electrons. The van der Waals surface area contributed by atoms with Crippen LogP contribution in [0.15, 0.2) is 42.7 Å². The van der Waals surface area contributed by atoms with Crippen LogP contribution in [-0.4, -0.2) is 17.4 Å². The van der Waals surface area contributed by atoms with Crippen LogP contribution < -0.4 is 10.6 Å².